The summed E-state index contributed by atoms with van der Waals surface area (Å²) in [5, 5.41) is 14.9. The lowest BCUT2D eigenvalue weighted by molar-refractivity contribution is 0.204. The maximum atomic E-state index is 11.6. The van der Waals surface area contributed by atoms with E-state index in [0.717, 1.165) is 0 Å². The highest BCUT2D eigenvalue weighted by molar-refractivity contribution is 6.33. The molecule has 0 bridgehead atoms. The quantitative estimate of drug-likeness (QED) is 0.775. The van der Waals surface area contributed by atoms with Gasteiger partial charge in [0.25, 0.3) is 0 Å². The van der Waals surface area contributed by atoms with E-state index in [1.807, 2.05) is 13.8 Å². The van der Waals surface area contributed by atoms with Crippen LogP contribution in [-0.2, 0) is 0 Å². The third kappa shape index (κ3) is 4.24. The summed E-state index contributed by atoms with van der Waals surface area (Å²) in [5.41, 5.74) is 0.548. The van der Waals surface area contributed by atoms with Gasteiger partial charge in [0.05, 0.1) is 23.4 Å². The minimum absolute atomic E-state index is 0.0897. The van der Waals surface area contributed by atoms with Crippen LogP contribution in [0.15, 0.2) is 24.3 Å². The van der Waals surface area contributed by atoms with Crippen LogP contribution >= 0.6 is 11.6 Å². The van der Waals surface area contributed by atoms with Crippen LogP contribution in [0.4, 0.5) is 10.5 Å². The lowest BCUT2D eigenvalue weighted by Gasteiger charge is -2.20. The SMILES string of the molecule is CC(C)C(CO)NC(=O)Nc1ccccc1Cl. The maximum absolute atomic E-state index is 11.6. The number of hydrogen-bond acceptors (Lipinski definition) is 2. The summed E-state index contributed by atoms with van der Waals surface area (Å²) < 4.78 is 0. The van der Waals surface area contributed by atoms with E-state index in [1.165, 1.54) is 0 Å². The zero-order valence-corrected chi connectivity index (χ0v) is 10.7. The van der Waals surface area contributed by atoms with Crippen LogP contribution in [0.25, 0.3) is 0 Å². The summed E-state index contributed by atoms with van der Waals surface area (Å²) in [7, 11) is 0. The third-order valence-electron chi connectivity index (χ3n) is 2.44. The fourth-order valence-electron chi connectivity index (χ4n) is 1.31. The molecule has 0 fully saturated rings. The van der Waals surface area contributed by atoms with Gasteiger partial charge in [-0.3, -0.25) is 0 Å². The van der Waals surface area contributed by atoms with E-state index in [2.05, 4.69) is 10.6 Å². The standard InChI is InChI=1S/C12H17ClN2O2/c1-8(2)11(7-16)15-12(17)14-10-6-4-3-5-9(10)13/h3-6,8,11,16H,7H2,1-2H3,(H2,14,15,17). The second kappa shape index (κ2) is 6.47. The number of carbonyl (C=O) groups excluding carboxylic acids is 1. The molecule has 1 unspecified atom stereocenters. The molecule has 1 aromatic rings. The van der Waals surface area contributed by atoms with Gasteiger partial charge in [0.1, 0.15) is 0 Å². The van der Waals surface area contributed by atoms with Gasteiger partial charge >= 0.3 is 6.03 Å². The minimum Gasteiger partial charge on any atom is -0.394 e. The molecular weight excluding hydrogens is 240 g/mol. The molecule has 0 heterocycles. The first-order chi connectivity index (χ1) is 8.04. The van der Waals surface area contributed by atoms with Gasteiger partial charge in [-0.2, -0.15) is 0 Å². The van der Waals surface area contributed by atoms with Gasteiger partial charge in [-0.25, -0.2) is 4.79 Å². The van der Waals surface area contributed by atoms with Gasteiger partial charge in [-0.15, -0.1) is 0 Å². The van der Waals surface area contributed by atoms with Gasteiger partial charge in [-0.05, 0) is 18.1 Å². The number of urea groups is 1. The zero-order chi connectivity index (χ0) is 12.8. The van der Waals surface area contributed by atoms with Crippen molar-refractivity contribution < 1.29 is 9.90 Å². The Morgan fingerprint density at radius 1 is 1.41 bits per heavy atom. The highest BCUT2D eigenvalue weighted by atomic mass is 35.5. The molecule has 1 rings (SSSR count). The molecule has 94 valence electrons. The van der Waals surface area contributed by atoms with Crippen LogP contribution < -0.4 is 10.6 Å². The summed E-state index contributed by atoms with van der Waals surface area (Å²) in [6.07, 6.45) is 0. The van der Waals surface area contributed by atoms with Crippen molar-refractivity contribution in [3.05, 3.63) is 29.3 Å². The Labute approximate surface area is 106 Å². The number of nitrogens with one attached hydrogen (secondary N) is 2. The predicted molar refractivity (Wildman–Crippen MR) is 69.3 cm³/mol. The van der Waals surface area contributed by atoms with Crippen molar-refractivity contribution in [2.45, 2.75) is 19.9 Å². The van der Waals surface area contributed by atoms with Crippen molar-refractivity contribution in [1.29, 1.82) is 0 Å². The first-order valence-electron chi connectivity index (χ1n) is 5.47. The molecule has 17 heavy (non-hydrogen) atoms. The van der Waals surface area contributed by atoms with Crippen molar-refractivity contribution in [3.63, 3.8) is 0 Å². The monoisotopic (exact) mass is 256 g/mol. The molecule has 3 N–H and O–H groups in total. The van der Waals surface area contributed by atoms with Gasteiger partial charge < -0.3 is 15.7 Å². The average Bonchev–Trinajstić information content (AvgIpc) is 2.28. The molecule has 0 aliphatic carbocycles. The van der Waals surface area contributed by atoms with Crippen LogP contribution in [0.5, 0.6) is 0 Å². The second-order valence-electron chi connectivity index (χ2n) is 4.11. The number of benzene rings is 1. The molecule has 1 aromatic carbocycles. The van der Waals surface area contributed by atoms with Crippen LogP contribution in [-0.4, -0.2) is 23.8 Å². The number of anilines is 1. The minimum atomic E-state index is -0.370. The van der Waals surface area contributed by atoms with Gasteiger partial charge in [0.2, 0.25) is 0 Å². The number of hydrogen-bond donors (Lipinski definition) is 3. The average molecular weight is 257 g/mol. The van der Waals surface area contributed by atoms with E-state index >= 15 is 0 Å². The molecule has 5 heteroatoms. The lowest BCUT2D eigenvalue weighted by Crippen LogP contribution is -2.43. The number of aliphatic hydroxyl groups is 1. The molecule has 0 saturated heterocycles. The normalized spacial score (nSPS) is 12.3. The van der Waals surface area contributed by atoms with E-state index in [9.17, 15) is 4.79 Å². The zero-order valence-electron chi connectivity index (χ0n) is 9.90. The largest absolute Gasteiger partial charge is 0.394 e. The molecule has 0 aliphatic rings. The smallest absolute Gasteiger partial charge is 0.319 e. The van der Waals surface area contributed by atoms with Gasteiger partial charge in [0, 0.05) is 0 Å². The van der Waals surface area contributed by atoms with Crippen LogP contribution in [0, 0.1) is 5.92 Å². The molecule has 4 nitrogen and oxygen atoms in total. The number of rotatable bonds is 4. The number of halogens is 1. The third-order valence-corrected chi connectivity index (χ3v) is 2.77. The molecule has 2 amide bonds. The van der Waals surface area contributed by atoms with Crippen LogP contribution in [0.1, 0.15) is 13.8 Å². The first-order valence-corrected chi connectivity index (χ1v) is 5.85. The first kappa shape index (κ1) is 13.8. The topological polar surface area (TPSA) is 61.4 Å². The number of carbonyl (C=O) groups is 1. The summed E-state index contributed by atoms with van der Waals surface area (Å²) in [6, 6.07) is 6.35. The molecular formula is C12H17ClN2O2. The Hall–Kier alpha value is -1.26. The maximum Gasteiger partial charge on any atom is 0.319 e. The Morgan fingerprint density at radius 3 is 2.59 bits per heavy atom. The molecule has 0 spiro atoms. The van der Waals surface area contributed by atoms with E-state index in [1.54, 1.807) is 24.3 Å². The summed E-state index contributed by atoms with van der Waals surface area (Å²) in [5.74, 6) is 0.164. The molecule has 0 saturated carbocycles. The molecule has 1 atom stereocenters. The highest BCUT2D eigenvalue weighted by Crippen LogP contribution is 2.20. The van der Waals surface area contributed by atoms with Crippen molar-refractivity contribution in [3.8, 4) is 0 Å². The number of para-hydroxylation sites is 1. The van der Waals surface area contributed by atoms with Crippen LogP contribution in [0.3, 0.4) is 0 Å². The van der Waals surface area contributed by atoms with Crippen LogP contribution in [0.2, 0.25) is 5.02 Å². The summed E-state index contributed by atoms with van der Waals surface area (Å²) in [6.45, 7) is 3.76. The predicted octanol–water partition coefficient (Wildman–Crippen LogP) is 2.48. The fourth-order valence-corrected chi connectivity index (χ4v) is 1.50. The number of amides is 2. The Morgan fingerprint density at radius 2 is 2.06 bits per heavy atom. The van der Waals surface area contributed by atoms with E-state index < -0.39 is 0 Å². The number of aliphatic hydroxyl groups excluding tert-OH is 1. The lowest BCUT2D eigenvalue weighted by atomic mass is 10.1. The highest BCUT2D eigenvalue weighted by Gasteiger charge is 2.15. The van der Waals surface area contributed by atoms with Crippen molar-refractivity contribution in [2.75, 3.05) is 11.9 Å². The summed E-state index contributed by atoms with van der Waals surface area (Å²) in [4.78, 5) is 11.6. The summed E-state index contributed by atoms with van der Waals surface area (Å²) >= 11 is 5.91. The van der Waals surface area contributed by atoms with E-state index in [4.69, 9.17) is 16.7 Å². The fraction of sp³-hybridized carbons (Fsp3) is 0.417. The molecule has 0 aromatic heterocycles. The van der Waals surface area contributed by atoms with Gasteiger partial charge in [-0.1, -0.05) is 37.6 Å². The van der Waals surface area contributed by atoms with Crippen molar-refractivity contribution in [2.24, 2.45) is 5.92 Å². The second-order valence-corrected chi connectivity index (χ2v) is 4.52. The van der Waals surface area contributed by atoms with Crippen molar-refractivity contribution >= 4 is 23.3 Å². The molecule has 0 aliphatic heterocycles. The van der Waals surface area contributed by atoms with Gasteiger partial charge in [0.15, 0.2) is 0 Å². The Kier molecular flexibility index (Phi) is 5.25. The Bertz CT molecular complexity index is 383. The van der Waals surface area contributed by atoms with E-state index in [-0.39, 0.29) is 24.6 Å². The Balaban J connectivity index is 2.58. The van der Waals surface area contributed by atoms with Crippen molar-refractivity contribution in [1.82, 2.24) is 5.32 Å². The van der Waals surface area contributed by atoms with E-state index in [0.29, 0.717) is 10.7 Å². The molecule has 0 radical (unpaired) electrons.